The van der Waals surface area contributed by atoms with Crippen LogP contribution < -0.4 is 11.1 Å². The van der Waals surface area contributed by atoms with Crippen molar-refractivity contribution in [2.24, 2.45) is 5.73 Å². The van der Waals surface area contributed by atoms with Gasteiger partial charge in [0.05, 0.1) is 0 Å². The van der Waals surface area contributed by atoms with Gasteiger partial charge in [-0.25, -0.2) is 0 Å². The monoisotopic (exact) mass is 239 g/mol. The van der Waals surface area contributed by atoms with E-state index in [-0.39, 0.29) is 11.9 Å². The van der Waals surface area contributed by atoms with Crippen LogP contribution in [-0.2, 0) is 4.79 Å². The van der Waals surface area contributed by atoms with E-state index in [1.807, 2.05) is 0 Å². The fourth-order valence-corrected chi connectivity index (χ4v) is 3.23. The number of carbonyl (C=O) groups is 1. The Kier molecular flexibility index (Phi) is 4.40. The first-order valence-corrected chi connectivity index (χ1v) is 6.96. The number of hydrogen-bond donors (Lipinski definition) is 2. The summed E-state index contributed by atoms with van der Waals surface area (Å²) in [6.07, 6.45) is 6.60. The molecule has 2 rings (SSSR count). The van der Waals surface area contributed by atoms with Gasteiger partial charge in [-0.15, -0.1) is 0 Å². The molecule has 2 aliphatic heterocycles. The highest BCUT2D eigenvalue weighted by molar-refractivity contribution is 5.76. The predicted molar refractivity (Wildman–Crippen MR) is 68.6 cm³/mol. The van der Waals surface area contributed by atoms with Crippen molar-refractivity contribution in [2.45, 2.75) is 63.6 Å². The van der Waals surface area contributed by atoms with E-state index in [4.69, 9.17) is 5.73 Å². The Labute approximate surface area is 104 Å². The molecule has 3 atom stereocenters. The fourth-order valence-electron chi connectivity index (χ4n) is 3.23. The first kappa shape index (κ1) is 12.8. The van der Waals surface area contributed by atoms with E-state index in [0.29, 0.717) is 18.5 Å². The van der Waals surface area contributed by atoms with Gasteiger partial charge in [-0.1, -0.05) is 6.42 Å². The van der Waals surface area contributed by atoms with Crippen LogP contribution in [0.25, 0.3) is 0 Å². The van der Waals surface area contributed by atoms with Crippen LogP contribution in [0.3, 0.4) is 0 Å². The molecule has 0 spiro atoms. The Balaban J connectivity index is 2.04. The summed E-state index contributed by atoms with van der Waals surface area (Å²) in [5, 5.41) is 2.96. The van der Waals surface area contributed by atoms with Crippen LogP contribution in [0.15, 0.2) is 0 Å². The van der Waals surface area contributed by atoms with Crippen LogP contribution in [0.1, 0.15) is 45.4 Å². The van der Waals surface area contributed by atoms with Gasteiger partial charge in [0.25, 0.3) is 0 Å². The molecule has 17 heavy (non-hydrogen) atoms. The van der Waals surface area contributed by atoms with Crippen molar-refractivity contribution < 1.29 is 4.79 Å². The Bertz CT molecular complexity index is 267. The van der Waals surface area contributed by atoms with E-state index in [1.165, 1.54) is 19.3 Å². The lowest BCUT2D eigenvalue weighted by atomic mass is 9.93. The first-order valence-electron chi connectivity index (χ1n) is 6.96. The highest BCUT2D eigenvalue weighted by Crippen LogP contribution is 2.25. The minimum atomic E-state index is 0.210. The van der Waals surface area contributed by atoms with E-state index < -0.39 is 0 Å². The molecule has 0 aromatic carbocycles. The summed E-state index contributed by atoms with van der Waals surface area (Å²) in [5.74, 6) is 0.210. The fraction of sp³-hybridized carbons (Fsp3) is 0.923. The number of likely N-dealkylation sites (tertiary alicyclic amines) is 1. The maximum atomic E-state index is 11.6. The third-order valence-corrected chi connectivity index (χ3v) is 4.13. The highest BCUT2D eigenvalue weighted by atomic mass is 16.1. The summed E-state index contributed by atoms with van der Waals surface area (Å²) in [6, 6.07) is 1.09. The van der Waals surface area contributed by atoms with Gasteiger partial charge >= 0.3 is 0 Å². The van der Waals surface area contributed by atoms with E-state index in [0.717, 1.165) is 25.9 Å². The van der Waals surface area contributed by atoms with Gasteiger partial charge in [0.1, 0.15) is 0 Å². The van der Waals surface area contributed by atoms with Gasteiger partial charge in [0.15, 0.2) is 0 Å². The summed E-state index contributed by atoms with van der Waals surface area (Å²) >= 11 is 0. The zero-order chi connectivity index (χ0) is 12.3. The van der Waals surface area contributed by atoms with Gasteiger partial charge in [-0.3, -0.25) is 9.69 Å². The van der Waals surface area contributed by atoms with E-state index in [1.54, 1.807) is 0 Å². The minimum Gasteiger partial charge on any atom is -0.356 e. The minimum absolute atomic E-state index is 0.210. The van der Waals surface area contributed by atoms with Gasteiger partial charge in [0, 0.05) is 31.1 Å². The Morgan fingerprint density at radius 3 is 2.94 bits per heavy atom. The van der Waals surface area contributed by atoms with Crippen LogP contribution in [-0.4, -0.2) is 42.0 Å². The molecule has 1 amide bonds. The largest absolute Gasteiger partial charge is 0.356 e. The topological polar surface area (TPSA) is 58.4 Å². The molecule has 2 saturated heterocycles. The molecule has 3 N–H and O–H groups in total. The summed E-state index contributed by atoms with van der Waals surface area (Å²) in [5.41, 5.74) is 6.10. The number of carbonyl (C=O) groups excluding carboxylic acids is 1. The van der Waals surface area contributed by atoms with E-state index in [9.17, 15) is 4.79 Å². The van der Waals surface area contributed by atoms with Crippen LogP contribution >= 0.6 is 0 Å². The summed E-state index contributed by atoms with van der Waals surface area (Å²) < 4.78 is 0. The second kappa shape index (κ2) is 5.83. The molecule has 0 radical (unpaired) electrons. The molecule has 0 aromatic heterocycles. The third kappa shape index (κ3) is 3.19. The molecule has 2 fully saturated rings. The molecule has 4 nitrogen and oxygen atoms in total. The number of rotatable bonds is 2. The molecule has 2 aliphatic rings. The number of amides is 1. The number of hydrogen-bond acceptors (Lipinski definition) is 3. The van der Waals surface area contributed by atoms with Crippen molar-refractivity contribution >= 4 is 5.91 Å². The molecule has 2 heterocycles. The molecule has 0 bridgehead atoms. The lowest BCUT2D eigenvalue weighted by Gasteiger charge is -2.42. The van der Waals surface area contributed by atoms with Gasteiger partial charge in [-0.2, -0.15) is 0 Å². The Morgan fingerprint density at radius 2 is 2.18 bits per heavy atom. The van der Waals surface area contributed by atoms with Crippen molar-refractivity contribution in [3.05, 3.63) is 0 Å². The zero-order valence-corrected chi connectivity index (χ0v) is 10.8. The molecule has 4 heteroatoms. The zero-order valence-electron chi connectivity index (χ0n) is 10.8. The predicted octanol–water partition coefficient (Wildman–Crippen LogP) is 0.857. The van der Waals surface area contributed by atoms with Crippen molar-refractivity contribution in [3.63, 3.8) is 0 Å². The lowest BCUT2D eigenvalue weighted by molar-refractivity contribution is -0.122. The molecule has 3 unspecified atom stereocenters. The van der Waals surface area contributed by atoms with Crippen molar-refractivity contribution in [1.29, 1.82) is 0 Å². The Morgan fingerprint density at radius 1 is 1.35 bits per heavy atom. The maximum absolute atomic E-state index is 11.6. The van der Waals surface area contributed by atoms with Gasteiger partial charge in [-0.05, 0) is 39.2 Å². The average molecular weight is 239 g/mol. The van der Waals surface area contributed by atoms with Crippen molar-refractivity contribution in [1.82, 2.24) is 10.2 Å². The SMILES string of the molecule is CC(N)C1CCCCN1C1CCCNC(=O)C1. The number of piperidine rings is 1. The molecule has 0 aliphatic carbocycles. The van der Waals surface area contributed by atoms with Crippen LogP contribution in [0.4, 0.5) is 0 Å². The van der Waals surface area contributed by atoms with E-state index in [2.05, 4.69) is 17.1 Å². The van der Waals surface area contributed by atoms with Gasteiger partial charge in [0.2, 0.25) is 5.91 Å². The third-order valence-electron chi connectivity index (χ3n) is 4.13. The quantitative estimate of drug-likeness (QED) is 0.751. The summed E-state index contributed by atoms with van der Waals surface area (Å²) in [7, 11) is 0. The van der Waals surface area contributed by atoms with Gasteiger partial charge < -0.3 is 11.1 Å². The summed E-state index contributed by atoms with van der Waals surface area (Å²) in [4.78, 5) is 14.2. The highest BCUT2D eigenvalue weighted by Gasteiger charge is 2.32. The van der Waals surface area contributed by atoms with Crippen molar-refractivity contribution in [2.75, 3.05) is 13.1 Å². The number of nitrogens with zero attached hydrogens (tertiary/aromatic N) is 1. The standard InChI is InChI=1S/C13H25N3O/c1-10(14)12-6-2-3-8-16(12)11-5-4-7-15-13(17)9-11/h10-12H,2-9,14H2,1H3,(H,15,17). The molecular formula is C13H25N3O. The number of nitrogens with one attached hydrogen (secondary N) is 1. The van der Waals surface area contributed by atoms with E-state index >= 15 is 0 Å². The maximum Gasteiger partial charge on any atom is 0.221 e. The molecular weight excluding hydrogens is 214 g/mol. The first-order chi connectivity index (χ1) is 8.18. The van der Waals surface area contributed by atoms with Crippen LogP contribution in [0.5, 0.6) is 0 Å². The molecule has 0 saturated carbocycles. The van der Waals surface area contributed by atoms with Crippen LogP contribution in [0.2, 0.25) is 0 Å². The second-order valence-corrected chi connectivity index (χ2v) is 5.51. The second-order valence-electron chi connectivity index (χ2n) is 5.51. The number of nitrogens with two attached hydrogens (primary N) is 1. The average Bonchev–Trinajstić information content (AvgIpc) is 2.54. The lowest BCUT2D eigenvalue weighted by Crippen LogP contribution is -2.53. The molecule has 98 valence electrons. The van der Waals surface area contributed by atoms with Crippen molar-refractivity contribution in [3.8, 4) is 0 Å². The van der Waals surface area contributed by atoms with Crippen LogP contribution in [0, 0.1) is 0 Å². The molecule has 0 aromatic rings. The normalized spacial score (nSPS) is 33.9. The summed E-state index contributed by atoms with van der Waals surface area (Å²) in [6.45, 7) is 4.05. The Hall–Kier alpha value is -0.610. The smallest absolute Gasteiger partial charge is 0.221 e.